The van der Waals surface area contributed by atoms with Crippen LogP contribution in [0, 0.1) is 5.41 Å². The van der Waals surface area contributed by atoms with Crippen molar-refractivity contribution in [2.45, 2.75) is 18.7 Å². The Morgan fingerprint density at radius 3 is 2.21 bits per heavy atom. The molecule has 0 heterocycles. The molecule has 0 saturated heterocycles. The predicted octanol–water partition coefficient (Wildman–Crippen LogP) is 2.58. The van der Waals surface area contributed by atoms with Gasteiger partial charge in [-0.1, -0.05) is 49.3 Å². The summed E-state index contributed by atoms with van der Waals surface area (Å²) in [6.45, 7) is 3.60. The number of nitrogens with two attached hydrogens (primary N) is 1. The van der Waals surface area contributed by atoms with Gasteiger partial charge in [0.25, 0.3) is 0 Å². The fraction of sp³-hybridized carbons (Fsp3) is 0.364. The molecule has 1 aromatic carbocycles. The standard InChI is InChI=1S/C11H14Cl2N2O2S2/c1-11(2,10(14)18)6-15-19(16,17)9-4-7(12)3-8(13)5-9/h3-5,15H,6H2,1-2H3,(H2,14,18). The second-order valence-electron chi connectivity index (χ2n) is 4.68. The van der Waals surface area contributed by atoms with Crippen LogP contribution >= 0.6 is 35.4 Å². The van der Waals surface area contributed by atoms with Gasteiger partial charge in [-0.05, 0) is 18.2 Å². The molecule has 0 atom stereocenters. The van der Waals surface area contributed by atoms with Gasteiger partial charge in [0.05, 0.1) is 9.88 Å². The first kappa shape index (κ1) is 16.7. The van der Waals surface area contributed by atoms with E-state index in [2.05, 4.69) is 4.72 Å². The van der Waals surface area contributed by atoms with Gasteiger partial charge < -0.3 is 5.73 Å². The van der Waals surface area contributed by atoms with Gasteiger partial charge in [-0.15, -0.1) is 0 Å². The molecule has 8 heteroatoms. The molecule has 1 rings (SSSR count). The normalized spacial score (nSPS) is 12.4. The number of benzene rings is 1. The lowest BCUT2D eigenvalue weighted by molar-refractivity contribution is 0.501. The van der Waals surface area contributed by atoms with Crippen LogP contribution < -0.4 is 10.5 Å². The minimum absolute atomic E-state index is 0.00346. The number of hydrogen-bond acceptors (Lipinski definition) is 3. The first-order chi connectivity index (χ1) is 8.54. The van der Waals surface area contributed by atoms with E-state index < -0.39 is 15.4 Å². The molecule has 0 aliphatic carbocycles. The van der Waals surface area contributed by atoms with E-state index >= 15 is 0 Å². The van der Waals surface area contributed by atoms with Gasteiger partial charge in [-0.25, -0.2) is 13.1 Å². The molecule has 0 aliphatic rings. The molecule has 0 unspecified atom stereocenters. The average molecular weight is 341 g/mol. The second kappa shape index (κ2) is 5.93. The maximum absolute atomic E-state index is 12.1. The Labute approximate surface area is 128 Å². The minimum atomic E-state index is -3.71. The molecule has 1 aromatic rings. The zero-order valence-corrected chi connectivity index (χ0v) is 13.6. The van der Waals surface area contributed by atoms with Crippen molar-refractivity contribution in [3.63, 3.8) is 0 Å². The van der Waals surface area contributed by atoms with E-state index in [1.54, 1.807) is 13.8 Å². The third-order valence-electron chi connectivity index (χ3n) is 2.52. The summed E-state index contributed by atoms with van der Waals surface area (Å²) in [7, 11) is -3.71. The summed E-state index contributed by atoms with van der Waals surface area (Å²) in [6, 6.07) is 4.11. The van der Waals surface area contributed by atoms with E-state index in [1.165, 1.54) is 18.2 Å². The van der Waals surface area contributed by atoms with Crippen molar-refractivity contribution < 1.29 is 8.42 Å². The highest BCUT2D eigenvalue weighted by Gasteiger charge is 2.25. The monoisotopic (exact) mass is 340 g/mol. The summed E-state index contributed by atoms with van der Waals surface area (Å²) in [5, 5.41) is 0.503. The van der Waals surface area contributed by atoms with E-state index in [9.17, 15) is 8.42 Å². The Balaban J connectivity index is 2.97. The topological polar surface area (TPSA) is 72.2 Å². The quantitative estimate of drug-likeness (QED) is 0.808. The third kappa shape index (κ3) is 4.57. The zero-order chi connectivity index (χ0) is 14.8. The van der Waals surface area contributed by atoms with Crippen LogP contribution in [0.3, 0.4) is 0 Å². The molecule has 4 nitrogen and oxygen atoms in total. The van der Waals surface area contributed by atoms with Crippen molar-refractivity contribution >= 4 is 50.4 Å². The van der Waals surface area contributed by atoms with Crippen LogP contribution in [0.2, 0.25) is 10.0 Å². The number of rotatable bonds is 5. The number of halogens is 2. The zero-order valence-electron chi connectivity index (χ0n) is 10.4. The summed E-state index contributed by atoms with van der Waals surface area (Å²) in [6.07, 6.45) is 0. The number of nitrogens with one attached hydrogen (secondary N) is 1. The Bertz CT molecular complexity index is 580. The molecular formula is C11H14Cl2N2O2S2. The van der Waals surface area contributed by atoms with Crippen molar-refractivity contribution in [1.82, 2.24) is 4.72 Å². The highest BCUT2D eigenvalue weighted by atomic mass is 35.5. The van der Waals surface area contributed by atoms with Gasteiger partial charge in [0.1, 0.15) is 0 Å². The number of sulfonamides is 1. The van der Waals surface area contributed by atoms with Crippen LogP contribution in [0.25, 0.3) is 0 Å². The molecular weight excluding hydrogens is 327 g/mol. The molecule has 0 bridgehead atoms. The Hall–Kier alpha value is -0.400. The van der Waals surface area contributed by atoms with Crippen LogP contribution in [-0.4, -0.2) is 20.0 Å². The first-order valence-corrected chi connectivity index (χ1v) is 7.95. The summed E-state index contributed by atoms with van der Waals surface area (Å²) in [5.74, 6) is 0. The van der Waals surface area contributed by atoms with E-state index in [1.807, 2.05) is 0 Å². The largest absolute Gasteiger partial charge is 0.393 e. The first-order valence-electron chi connectivity index (χ1n) is 5.30. The summed E-state index contributed by atoms with van der Waals surface area (Å²) in [5.41, 5.74) is 4.92. The molecule has 0 spiro atoms. The lowest BCUT2D eigenvalue weighted by atomic mass is 9.94. The van der Waals surface area contributed by atoms with Crippen molar-refractivity contribution in [3.8, 4) is 0 Å². The highest BCUT2D eigenvalue weighted by molar-refractivity contribution is 7.89. The lowest BCUT2D eigenvalue weighted by Crippen LogP contribution is -2.41. The van der Waals surface area contributed by atoms with Gasteiger partial charge in [0, 0.05) is 22.0 Å². The van der Waals surface area contributed by atoms with Gasteiger partial charge in [0.2, 0.25) is 10.0 Å². The van der Waals surface area contributed by atoms with Crippen molar-refractivity contribution in [2.75, 3.05) is 6.54 Å². The van der Waals surface area contributed by atoms with Crippen molar-refractivity contribution in [1.29, 1.82) is 0 Å². The smallest absolute Gasteiger partial charge is 0.240 e. The third-order valence-corrected chi connectivity index (χ3v) is 4.89. The van der Waals surface area contributed by atoms with Crippen molar-refractivity contribution in [2.24, 2.45) is 11.1 Å². The van der Waals surface area contributed by atoms with Crippen LogP contribution in [0.15, 0.2) is 23.1 Å². The summed E-state index contributed by atoms with van der Waals surface area (Å²) < 4.78 is 26.6. The van der Waals surface area contributed by atoms with Gasteiger partial charge in [-0.2, -0.15) is 0 Å². The summed E-state index contributed by atoms with van der Waals surface area (Å²) >= 11 is 16.4. The van der Waals surface area contributed by atoms with Crippen LogP contribution in [0.1, 0.15) is 13.8 Å². The molecule has 0 saturated carbocycles. The molecule has 106 valence electrons. The fourth-order valence-corrected chi connectivity index (χ4v) is 3.14. The van der Waals surface area contributed by atoms with E-state index in [0.29, 0.717) is 0 Å². The van der Waals surface area contributed by atoms with Crippen LogP contribution in [0.4, 0.5) is 0 Å². The molecule has 0 amide bonds. The van der Waals surface area contributed by atoms with E-state index in [-0.39, 0.29) is 26.5 Å². The van der Waals surface area contributed by atoms with E-state index in [0.717, 1.165) is 0 Å². The molecule has 0 aromatic heterocycles. The SMILES string of the molecule is CC(C)(CNS(=O)(=O)c1cc(Cl)cc(Cl)c1)C(N)=S. The highest BCUT2D eigenvalue weighted by Crippen LogP contribution is 2.23. The summed E-state index contributed by atoms with van der Waals surface area (Å²) in [4.78, 5) is 0.239. The maximum Gasteiger partial charge on any atom is 0.240 e. The number of thiocarbonyl (C=S) groups is 1. The molecule has 0 aliphatic heterocycles. The molecule has 0 radical (unpaired) electrons. The Kier molecular flexibility index (Phi) is 5.20. The average Bonchev–Trinajstić information content (AvgIpc) is 2.25. The molecule has 0 fully saturated rings. The second-order valence-corrected chi connectivity index (χ2v) is 7.76. The molecule has 19 heavy (non-hydrogen) atoms. The predicted molar refractivity (Wildman–Crippen MR) is 82.2 cm³/mol. The van der Waals surface area contributed by atoms with Crippen molar-refractivity contribution in [3.05, 3.63) is 28.2 Å². The molecule has 3 N–H and O–H groups in total. The van der Waals surface area contributed by atoms with Gasteiger partial charge >= 0.3 is 0 Å². The Morgan fingerprint density at radius 2 is 1.79 bits per heavy atom. The van der Waals surface area contributed by atoms with Crippen LogP contribution in [-0.2, 0) is 10.0 Å². The maximum atomic E-state index is 12.1. The van der Waals surface area contributed by atoms with Gasteiger partial charge in [-0.3, -0.25) is 0 Å². The fourth-order valence-electron chi connectivity index (χ4n) is 1.13. The Morgan fingerprint density at radius 1 is 1.32 bits per heavy atom. The minimum Gasteiger partial charge on any atom is -0.393 e. The van der Waals surface area contributed by atoms with Gasteiger partial charge in [0.15, 0.2) is 0 Å². The van der Waals surface area contributed by atoms with E-state index in [4.69, 9.17) is 41.2 Å². The van der Waals surface area contributed by atoms with Crippen LogP contribution in [0.5, 0.6) is 0 Å². The number of hydrogen-bond donors (Lipinski definition) is 2. The lowest BCUT2D eigenvalue weighted by Gasteiger charge is -2.23.